The molecule has 0 amide bonds. The quantitative estimate of drug-likeness (QED) is 0.469. The third kappa shape index (κ3) is 4.37. The number of benzene rings is 1. The number of halogens is 6. The first-order valence-electron chi connectivity index (χ1n) is 8.44. The van der Waals surface area contributed by atoms with Crippen molar-refractivity contribution in [1.29, 1.82) is 0 Å². The van der Waals surface area contributed by atoms with Crippen LogP contribution in [0.2, 0.25) is 10.0 Å². The fourth-order valence-corrected chi connectivity index (χ4v) is 4.98. The van der Waals surface area contributed by atoms with Crippen molar-refractivity contribution in [1.82, 2.24) is 9.88 Å². The molecule has 12 heteroatoms. The van der Waals surface area contributed by atoms with Crippen molar-refractivity contribution in [2.75, 3.05) is 11.9 Å². The van der Waals surface area contributed by atoms with E-state index in [0.29, 0.717) is 16.3 Å². The molecule has 0 bridgehead atoms. The van der Waals surface area contributed by atoms with E-state index >= 15 is 0 Å². The van der Waals surface area contributed by atoms with Crippen molar-refractivity contribution in [3.8, 4) is 0 Å². The second-order valence-corrected chi connectivity index (χ2v) is 8.36. The van der Waals surface area contributed by atoms with Gasteiger partial charge >= 0.3 is 12.1 Å². The average Bonchev–Trinajstić information content (AvgIpc) is 3.16. The summed E-state index contributed by atoms with van der Waals surface area (Å²) in [6, 6.07) is 3.51. The number of amidine groups is 1. The lowest BCUT2D eigenvalue weighted by Gasteiger charge is -2.34. The summed E-state index contributed by atoms with van der Waals surface area (Å²) >= 11 is 16.3. The Labute approximate surface area is 192 Å². The summed E-state index contributed by atoms with van der Waals surface area (Å²) in [6.45, 7) is 2.02. The highest BCUT2D eigenvalue weighted by Crippen LogP contribution is 2.40. The van der Waals surface area contributed by atoms with Gasteiger partial charge in [-0.25, -0.2) is 9.78 Å². The van der Waals surface area contributed by atoms with Crippen molar-refractivity contribution in [2.45, 2.75) is 19.1 Å². The Kier molecular flexibility index (Phi) is 6.81. The minimum absolute atomic E-state index is 0.0298. The van der Waals surface area contributed by atoms with Gasteiger partial charge in [0.2, 0.25) is 0 Å². The van der Waals surface area contributed by atoms with Crippen LogP contribution in [0.1, 0.15) is 29.2 Å². The monoisotopic (exact) mass is 541 g/mol. The van der Waals surface area contributed by atoms with Gasteiger partial charge in [0, 0.05) is 38.6 Å². The van der Waals surface area contributed by atoms with Crippen molar-refractivity contribution in [3.63, 3.8) is 0 Å². The first-order valence-corrected chi connectivity index (χ1v) is 11.2. The van der Waals surface area contributed by atoms with Gasteiger partial charge in [-0.1, -0.05) is 45.2 Å². The van der Waals surface area contributed by atoms with E-state index in [1.807, 2.05) is 0 Å². The molecule has 0 saturated heterocycles. The van der Waals surface area contributed by atoms with E-state index in [2.05, 4.69) is 25.9 Å². The van der Waals surface area contributed by atoms with Crippen molar-refractivity contribution in [2.24, 2.45) is 4.99 Å². The number of aromatic nitrogens is 1. The summed E-state index contributed by atoms with van der Waals surface area (Å²) in [4.78, 5) is 21.8. The molecule has 2 heterocycles. The highest BCUT2D eigenvalue weighted by molar-refractivity contribution is 9.09. The van der Waals surface area contributed by atoms with Crippen molar-refractivity contribution >= 4 is 62.3 Å². The third-order valence-electron chi connectivity index (χ3n) is 4.33. The van der Waals surface area contributed by atoms with Gasteiger partial charge < -0.3 is 10.0 Å². The molecule has 1 atom stereocenters. The number of carboxylic acids is 1. The minimum atomic E-state index is -4.60. The summed E-state index contributed by atoms with van der Waals surface area (Å²) in [7, 11) is 0. The number of hydrogen-bond acceptors (Lipinski definition) is 5. The van der Waals surface area contributed by atoms with E-state index in [1.165, 1.54) is 11.0 Å². The zero-order chi connectivity index (χ0) is 22.2. The summed E-state index contributed by atoms with van der Waals surface area (Å²) in [5.41, 5.74) is -0.336. The molecule has 0 fully saturated rings. The van der Waals surface area contributed by atoms with Gasteiger partial charge in [0.25, 0.3) is 0 Å². The number of allylic oxidation sites excluding steroid dienone is 1. The minimum Gasteiger partial charge on any atom is -0.478 e. The molecular formula is C18H13BrCl2F3N3O2S. The molecule has 0 spiro atoms. The van der Waals surface area contributed by atoms with Gasteiger partial charge in [-0.15, -0.1) is 11.3 Å². The number of hydrogen-bond donors (Lipinski definition) is 1. The number of aliphatic imine (C=N–C) groups is 1. The molecular weight excluding hydrogens is 530 g/mol. The van der Waals surface area contributed by atoms with Crippen LogP contribution in [0.15, 0.2) is 39.8 Å². The summed E-state index contributed by atoms with van der Waals surface area (Å²) in [5.74, 6) is -1.06. The maximum absolute atomic E-state index is 13.1. The Morgan fingerprint density at radius 2 is 2.07 bits per heavy atom. The number of aliphatic carboxylic acids is 1. The summed E-state index contributed by atoms with van der Waals surface area (Å²) in [5, 5.41) is 11.5. The second-order valence-electron chi connectivity index (χ2n) is 6.10. The van der Waals surface area contributed by atoms with Crippen LogP contribution in [-0.2, 0) is 11.0 Å². The molecule has 30 heavy (non-hydrogen) atoms. The molecule has 160 valence electrons. The van der Waals surface area contributed by atoms with Gasteiger partial charge in [0.05, 0.1) is 5.57 Å². The van der Waals surface area contributed by atoms with Crippen LogP contribution in [0.5, 0.6) is 0 Å². The van der Waals surface area contributed by atoms with Crippen LogP contribution >= 0.6 is 50.5 Å². The summed E-state index contributed by atoms with van der Waals surface area (Å²) < 4.78 is 39.2. The number of thiazole rings is 1. The number of carboxylic acid groups (broad SMARTS) is 1. The fourth-order valence-electron chi connectivity index (χ4n) is 3.04. The van der Waals surface area contributed by atoms with Crippen molar-refractivity contribution in [3.05, 3.63) is 61.2 Å². The number of alkyl halides is 4. The number of nitrogens with zero attached hydrogens (tertiary/aromatic N) is 3. The normalized spacial score (nSPS) is 17.4. The maximum Gasteiger partial charge on any atom is 0.434 e. The zero-order valence-electron chi connectivity index (χ0n) is 15.2. The highest BCUT2D eigenvalue weighted by atomic mass is 79.9. The van der Waals surface area contributed by atoms with E-state index in [1.54, 1.807) is 19.1 Å². The fraction of sp³-hybridized carbons (Fsp3) is 0.278. The molecule has 1 aromatic heterocycles. The average molecular weight is 543 g/mol. The van der Waals surface area contributed by atoms with E-state index in [-0.39, 0.29) is 33.3 Å². The Morgan fingerprint density at radius 3 is 2.57 bits per heavy atom. The van der Waals surface area contributed by atoms with E-state index in [9.17, 15) is 23.1 Å². The Bertz CT molecular complexity index is 1060. The smallest absolute Gasteiger partial charge is 0.434 e. The molecule has 5 nitrogen and oxygen atoms in total. The van der Waals surface area contributed by atoms with E-state index < -0.39 is 23.9 Å². The lowest BCUT2D eigenvalue weighted by Crippen LogP contribution is -2.38. The second kappa shape index (κ2) is 8.86. The molecule has 0 radical (unpaired) electrons. The largest absolute Gasteiger partial charge is 0.478 e. The maximum atomic E-state index is 13.1. The lowest BCUT2D eigenvalue weighted by molar-refractivity contribution is -0.140. The van der Waals surface area contributed by atoms with E-state index in [0.717, 1.165) is 16.7 Å². The van der Waals surface area contributed by atoms with Crippen LogP contribution in [0.25, 0.3) is 0 Å². The van der Waals surface area contributed by atoms with Crippen LogP contribution in [-0.4, -0.2) is 38.7 Å². The molecule has 1 N–H and O–H groups in total. The predicted molar refractivity (Wildman–Crippen MR) is 114 cm³/mol. The van der Waals surface area contributed by atoms with Gasteiger partial charge in [0.15, 0.2) is 16.5 Å². The number of carbonyl (C=O) groups is 1. The molecule has 0 saturated carbocycles. The Hall–Kier alpha value is -1.62. The van der Waals surface area contributed by atoms with E-state index in [4.69, 9.17) is 23.2 Å². The standard InChI is InChI=1S/C18H13BrCl2F3N3O2S/c1-2-27-11(6-19)13(17(28)29)14(9-4-3-8(20)5-10(9)21)26-15(27)16-25-12(7-30-16)18(22,23)24/h3-5,7,14H,2,6H2,1H3,(H,28,29). The topological polar surface area (TPSA) is 65.8 Å². The molecule has 1 aromatic carbocycles. The van der Waals surface area contributed by atoms with Gasteiger partial charge in [0.1, 0.15) is 6.04 Å². The number of rotatable bonds is 5. The molecule has 0 aliphatic carbocycles. The van der Waals surface area contributed by atoms with Crippen LogP contribution in [0.4, 0.5) is 13.2 Å². The SMILES string of the molecule is CCN1C(c2nc(C(F)(F)F)cs2)=NC(c2ccc(Cl)cc2Cl)C(C(=O)O)=C1CBr. The molecule has 1 aliphatic heterocycles. The Balaban J connectivity index is 2.23. The Morgan fingerprint density at radius 1 is 1.37 bits per heavy atom. The predicted octanol–water partition coefficient (Wildman–Crippen LogP) is 6.03. The zero-order valence-corrected chi connectivity index (χ0v) is 19.1. The molecule has 3 rings (SSSR count). The van der Waals surface area contributed by atoms with Crippen LogP contribution < -0.4 is 0 Å². The van der Waals surface area contributed by atoms with Gasteiger partial charge in [-0.2, -0.15) is 13.2 Å². The molecule has 1 aliphatic rings. The van der Waals surface area contributed by atoms with Gasteiger partial charge in [-0.3, -0.25) is 4.99 Å². The van der Waals surface area contributed by atoms with Gasteiger partial charge in [-0.05, 0) is 19.1 Å². The summed E-state index contributed by atoms with van der Waals surface area (Å²) in [6.07, 6.45) is -4.60. The first kappa shape index (κ1) is 23.1. The molecule has 1 unspecified atom stereocenters. The molecule has 2 aromatic rings. The van der Waals surface area contributed by atoms with Crippen LogP contribution in [0, 0.1) is 0 Å². The van der Waals surface area contributed by atoms with Crippen LogP contribution in [0.3, 0.4) is 0 Å². The highest BCUT2D eigenvalue weighted by Gasteiger charge is 2.38. The van der Waals surface area contributed by atoms with Crippen molar-refractivity contribution < 1.29 is 23.1 Å². The third-order valence-corrected chi connectivity index (χ3v) is 6.27. The lowest BCUT2D eigenvalue weighted by atomic mass is 9.95. The first-order chi connectivity index (χ1) is 14.1.